The van der Waals surface area contributed by atoms with E-state index in [9.17, 15) is 16.8 Å². The van der Waals surface area contributed by atoms with Gasteiger partial charge in [-0.3, -0.25) is 9.44 Å². The van der Waals surface area contributed by atoms with Gasteiger partial charge in [-0.2, -0.15) is 0 Å². The van der Waals surface area contributed by atoms with E-state index in [4.69, 9.17) is 0 Å². The lowest BCUT2D eigenvalue weighted by Crippen LogP contribution is -2.15. The van der Waals surface area contributed by atoms with Gasteiger partial charge < -0.3 is 0 Å². The highest BCUT2D eigenvalue weighted by Crippen LogP contribution is 2.21. The van der Waals surface area contributed by atoms with Crippen molar-refractivity contribution in [2.24, 2.45) is 0 Å². The van der Waals surface area contributed by atoms with Crippen molar-refractivity contribution in [1.82, 2.24) is 9.97 Å². The summed E-state index contributed by atoms with van der Waals surface area (Å²) in [6, 6.07) is 11.7. The van der Waals surface area contributed by atoms with Crippen molar-refractivity contribution in [3.63, 3.8) is 0 Å². The molecule has 0 amide bonds. The number of aryl methyl sites for hydroxylation is 3. The first kappa shape index (κ1) is 20.7. The minimum absolute atomic E-state index is 0.0251. The Kier molecular flexibility index (Phi) is 5.58. The van der Waals surface area contributed by atoms with Crippen molar-refractivity contribution >= 4 is 31.6 Å². The molecule has 3 aromatic rings. The number of anilines is 2. The molecule has 0 unspecified atom stereocenters. The molecule has 0 saturated heterocycles. The summed E-state index contributed by atoms with van der Waals surface area (Å²) in [5, 5.41) is 0. The molecule has 0 aliphatic heterocycles. The van der Waals surface area contributed by atoms with E-state index in [0.717, 1.165) is 11.1 Å². The van der Waals surface area contributed by atoms with Crippen molar-refractivity contribution in [2.45, 2.75) is 30.6 Å². The second-order valence-corrected chi connectivity index (χ2v) is 9.84. The van der Waals surface area contributed by atoms with Gasteiger partial charge in [-0.15, -0.1) is 0 Å². The standard InChI is InChI=1S/C19H20N4O4S2/c1-13-4-7-18(12-14(13)2)29(26,27)22-16-5-8-17(9-6-16)28(24,25)23-19-10-11-20-15(3)21-19/h4-12,22H,1-3H3,(H,20,21,23). The summed E-state index contributed by atoms with van der Waals surface area (Å²) in [5.41, 5.74) is 2.10. The van der Waals surface area contributed by atoms with E-state index in [1.807, 2.05) is 13.8 Å². The average molecular weight is 433 g/mol. The SMILES string of the molecule is Cc1nccc(NS(=O)(=O)c2ccc(NS(=O)(=O)c3ccc(C)c(C)c3)cc2)n1. The Hall–Kier alpha value is -2.98. The fourth-order valence-corrected chi connectivity index (χ4v) is 4.65. The summed E-state index contributed by atoms with van der Waals surface area (Å²) in [6.07, 6.45) is 1.45. The van der Waals surface area contributed by atoms with Crippen LogP contribution in [0.3, 0.4) is 0 Å². The van der Waals surface area contributed by atoms with Gasteiger partial charge in [0.2, 0.25) is 0 Å². The third-order valence-corrected chi connectivity index (χ3v) is 6.97. The summed E-state index contributed by atoms with van der Waals surface area (Å²) >= 11 is 0. The molecule has 10 heteroatoms. The Balaban J connectivity index is 1.79. The molecule has 8 nitrogen and oxygen atoms in total. The maximum atomic E-state index is 12.6. The molecule has 2 aromatic carbocycles. The van der Waals surface area contributed by atoms with Crippen molar-refractivity contribution < 1.29 is 16.8 Å². The lowest BCUT2D eigenvalue weighted by molar-refractivity contribution is 0.600. The van der Waals surface area contributed by atoms with Gasteiger partial charge >= 0.3 is 0 Å². The van der Waals surface area contributed by atoms with Crippen molar-refractivity contribution in [3.8, 4) is 0 Å². The number of hydrogen-bond acceptors (Lipinski definition) is 6. The van der Waals surface area contributed by atoms with Gasteiger partial charge in [0.1, 0.15) is 11.6 Å². The van der Waals surface area contributed by atoms with Gasteiger partial charge in [0.05, 0.1) is 9.79 Å². The largest absolute Gasteiger partial charge is 0.280 e. The fourth-order valence-electron chi connectivity index (χ4n) is 2.51. The van der Waals surface area contributed by atoms with Crippen LogP contribution in [0.5, 0.6) is 0 Å². The van der Waals surface area contributed by atoms with Crippen LogP contribution < -0.4 is 9.44 Å². The normalized spacial score (nSPS) is 11.8. The van der Waals surface area contributed by atoms with Crippen LogP contribution in [-0.2, 0) is 20.0 Å². The van der Waals surface area contributed by atoms with Crippen LogP contribution in [0.15, 0.2) is 64.5 Å². The number of aromatic nitrogens is 2. The predicted octanol–water partition coefficient (Wildman–Crippen LogP) is 3.00. The Morgan fingerprint density at radius 2 is 1.34 bits per heavy atom. The van der Waals surface area contributed by atoms with Crippen molar-refractivity contribution in [1.29, 1.82) is 0 Å². The molecule has 29 heavy (non-hydrogen) atoms. The quantitative estimate of drug-likeness (QED) is 0.618. The molecular formula is C19H20N4O4S2. The van der Waals surface area contributed by atoms with Gasteiger partial charge in [-0.1, -0.05) is 6.07 Å². The van der Waals surface area contributed by atoms with E-state index in [2.05, 4.69) is 19.4 Å². The van der Waals surface area contributed by atoms with Crippen LogP contribution in [0.2, 0.25) is 0 Å². The molecule has 1 aromatic heterocycles. The number of sulfonamides is 2. The molecule has 0 aliphatic carbocycles. The van der Waals surface area contributed by atoms with Crippen molar-refractivity contribution in [2.75, 3.05) is 9.44 Å². The molecule has 1 heterocycles. The van der Waals surface area contributed by atoms with Gasteiger partial charge in [-0.05, 0) is 74.4 Å². The second kappa shape index (κ2) is 7.80. The molecular weight excluding hydrogens is 412 g/mol. The number of rotatable bonds is 6. The molecule has 2 N–H and O–H groups in total. The van der Waals surface area contributed by atoms with Gasteiger partial charge in [0, 0.05) is 11.9 Å². The molecule has 0 aliphatic rings. The summed E-state index contributed by atoms with van der Waals surface area (Å²) < 4.78 is 54.9. The average Bonchev–Trinajstić information content (AvgIpc) is 2.63. The molecule has 0 bridgehead atoms. The highest BCUT2D eigenvalue weighted by Gasteiger charge is 2.18. The Labute approximate surface area is 170 Å². The van der Waals surface area contributed by atoms with Gasteiger partial charge in [0.15, 0.2) is 0 Å². The highest BCUT2D eigenvalue weighted by molar-refractivity contribution is 7.93. The van der Waals surface area contributed by atoms with Gasteiger partial charge in [0.25, 0.3) is 20.0 Å². The zero-order valence-electron chi connectivity index (χ0n) is 16.0. The van der Waals surface area contributed by atoms with Gasteiger partial charge in [-0.25, -0.2) is 26.8 Å². The molecule has 0 fully saturated rings. The number of nitrogens with one attached hydrogen (secondary N) is 2. The molecule has 0 spiro atoms. The summed E-state index contributed by atoms with van der Waals surface area (Å²) in [4.78, 5) is 8.03. The Bertz CT molecular complexity index is 1260. The minimum atomic E-state index is -3.87. The topological polar surface area (TPSA) is 118 Å². The summed E-state index contributed by atoms with van der Waals surface area (Å²) in [5.74, 6) is 0.582. The van der Waals surface area contributed by atoms with E-state index in [-0.39, 0.29) is 21.3 Å². The Morgan fingerprint density at radius 3 is 1.97 bits per heavy atom. The monoisotopic (exact) mass is 432 g/mol. The van der Waals surface area contributed by atoms with E-state index >= 15 is 0 Å². The van der Waals surface area contributed by atoms with Crippen LogP contribution in [0.4, 0.5) is 11.5 Å². The van der Waals surface area contributed by atoms with Crippen LogP contribution in [0, 0.1) is 20.8 Å². The lowest BCUT2D eigenvalue weighted by atomic mass is 10.1. The number of hydrogen-bond donors (Lipinski definition) is 2. The van der Waals surface area contributed by atoms with Crippen molar-refractivity contribution in [3.05, 3.63) is 71.7 Å². The van der Waals surface area contributed by atoms with E-state index in [0.29, 0.717) is 5.82 Å². The smallest absolute Gasteiger partial charge is 0.263 e. The minimum Gasteiger partial charge on any atom is -0.280 e. The third kappa shape index (κ3) is 4.90. The predicted molar refractivity (Wildman–Crippen MR) is 111 cm³/mol. The first-order chi connectivity index (χ1) is 13.6. The molecule has 152 valence electrons. The first-order valence-corrected chi connectivity index (χ1v) is 11.6. The fraction of sp³-hybridized carbons (Fsp3) is 0.158. The first-order valence-electron chi connectivity index (χ1n) is 8.59. The van der Waals surface area contributed by atoms with Crippen LogP contribution >= 0.6 is 0 Å². The maximum absolute atomic E-state index is 12.6. The maximum Gasteiger partial charge on any atom is 0.263 e. The molecule has 3 rings (SSSR count). The number of nitrogens with zero attached hydrogens (tertiary/aromatic N) is 2. The molecule has 0 radical (unpaired) electrons. The highest BCUT2D eigenvalue weighted by atomic mass is 32.2. The van der Waals surface area contributed by atoms with Crippen LogP contribution in [0.1, 0.15) is 17.0 Å². The zero-order chi connectivity index (χ0) is 21.2. The van der Waals surface area contributed by atoms with E-state index in [1.54, 1.807) is 19.1 Å². The lowest BCUT2D eigenvalue weighted by Gasteiger charge is -2.11. The Morgan fingerprint density at radius 1 is 0.724 bits per heavy atom. The third-order valence-electron chi connectivity index (χ3n) is 4.22. The zero-order valence-corrected chi connectivity index (χ0v) is 17.7. The van der Waals surface area contributed by atoms with E-state index in [1.165, 1.54) is 42.6 Å². The molecule has 0 saturated carbocycles. The summed E-state index contributed by atoms with van der Waals surface area (Å²) in [6.45, 7) is 5.38. The van der Waals surface area contributed by atoms with Crippen LogP contribution in [0.25, 0.3) is 0 Å². The second-order valence-electron chi connectivity index (χ2n) is 6.47. The van der Waals surface area contributed by atoms with Crippen LogP contribution in [-0.4, -0.2) is 26.8 Å². The number of benzene rings is 2. The molecule has 0 atom stereocenters. The van der Waals surface area contributed by atoms with E-state index < -0.39 is 20.0 Å². The summed E-state index contributed by atoms with van der Waals surface area (Å²) in [7, 11) is -7.66.